The zero-order valence-corrected chi connectivity index (χ0v) is 23.7. The van der Waals surface area contributed by atoms with E-state index < -0.39 is 28.5 Å². The fraction of sp³-hybridized carbons (Fsp3) is 0.333. The van der Waals surface area contributed by atoms with Gasteiger partial charge in [0.25, 0.3) is 10.0 Å². The molecule has 2 amide bonds. The Morgan fingerprint density at radius 1 is 0.816 bits per heavy atom. The first-order chi connectivity index (χ1) is 17.9. The highest BCUT2D eigenvalue weighted by Gasteiger charge is 2.32. The molecule has 3 rings (SSSR count). The zero-order valence-electron chi connectivity index (χ0n) is 22.9. The number of carbonyl (C=O) groups is 2. The van der Waals surface area contributed by atoms with Crippen LogP contribution in [0.4, 0.5) is 5.69 Å². The monoisotopic (exact) mass is 535 g/mol. The Morgan fingerprint density at radius 2 is 1.39 bits per heavy atom. The lowest BCUT2D eigenvalue weighted by molar-refractivity contribution is -0.139. The standard InChI is InChI=1S/C30H37N3O4S/c1-21(2)31-30(35)25(6)32(19-26-9-7-8-24(5)18-26)29(34)20-33(27-14-10-22(3)11-15-27)38(36,37)28-16-12-23(4)13-17-28/h7-18,21,25H,19-20H2,1-6H3,(H,31,35). The molecular weight excluding hydrogens is 498 g/mol. The van der Waals surface area contributed by atoms with Gasteiger partial charge in [0.1, 0.15) is 12.6 Å². The molecule has 202 valence electrons. The fourth-order valence-corrected chi connectivity index (χ4v) is 5.49. The van der Waals surface area contributed by atoms with Crippen LogP contribution in [0.5, 0.6) is 0 Å². The number of hydrogen-bond acceptors (Lipinski definition) is 4. The third-order valence-corrected chi connectivity index (χ3v) is 8.03. The van der Waals surface area contributed by atoms with Crippen LogP contribution in [0.3, 0.4) is 0 Å². The highest BCUT2D eigenvalue weighted by molar-refractivity contribution is 7.92. The molecule has 0 bridgehead atoms. The summed E-state index contributed by atoms with van der Waals surface area (Å²) < 4.78 is 28.8. The molecule has 8 heteroatoms. The Hall–Kier alpha value is -3.65. The van der Waals surface area contributed by atoms with Crippen LogP contribution in [0, 0.1) is 20.8 Å². The molecular formula is C30H37N3O4S. The van der Waals surface area contributed by atoms with Crippen molar-refractivity contribution in [1.82, 2.24) is 10.2 Å². The van der Waals surface area contributed by atoms with Gasteiger partial charge in [-0.05, 0) is 71.4 Å². The second-order valence-corrected chi connectivity index (χ2v) is 11.9. The van der Waals surface area contributed by atoms with Crippen molar-refractivity contribution in [3.8, 4) is 0 Å². The molecule has 1 atom stereocenters. The maximum atomic E-state index is 13.9. The lowest BCUT2D eigenvalue weighted by atomic mass is 10.1. The van der Waals surface area contributed by atoms with E-state index in [9.17, 15) is 18.0 Å². The van der Waals surface area contributed by atoms with Crippen LogP contribution in [0.1, 0.15) is 43.0 Å². The second-order valence-electron chi connectivity index (χ2n) is 10.0. The number of rotatable bonds is 10. The molecule has 38 heavy (non-hydrogen) atoms. The van der Waals surface area contributed by atoms with Crippen molar-refractivity contribution in [2.45, 2.75) is 65.1 Å². The average molecular weight is 536 g/mol. The molecule has 0 aliphatic rings. The quantitative estimate of drug-likeness (QED) is 0.406. The summed E-state index contributed by atoms with van der Waals surface area (Å²) in [6, 6.07) is 20.3. The number of benzene rings is 3. The van der Waals surface area contributed by atoms with E-state index in [2.05, 4.69) is 5.32 Å². The maximum Gasteiger partial charge on any atom is 0.264 e. The molecule has 3 aromatic rings. The van der Waals surface area contributed by atoms with E-state index in [-0.39, 0.29) is 23.4 Å². The van der Waals surface area contributed by atoms with Gasteiger partial charge in [-0.2, -0.15) is 0 Å². The van der Waals surface area contributed by atoms with Gasteiger partial charge in [0.15, 0.2) is 0 Å². The van der Waals surface area contributed by atoms with Crippen molar-refractivity contribution in [1.29, 1.82) is 0 Å². The molecule has 0 heterocycles. The maximum absolute atomic E-state index is 13.9. The summed E-state index contributed by atoms with van der Waals surface area (Å²) >= 11 is 0. The van der Waals surface area contributed by atoms with Gasteiger partial charge in [0.2, 0.25) is 11.8 Å². The van der Waals surface area contributed by atoms with Crippen LogP contribution in [0.15, 0.2) is 77.7 Å². The number of carbonyl (C=O) groups excluding carboxylic acids is 2. The molecule has 0 spiro atoms. The predicted molar refractivity (Wildman–Crippen MR) is 151 cm³/mol. The van der Waals surface area contributed by atoms with E-state index in [0.29, 0.717) is 5.69 Å². The van der Waals surface area contributed by atoms with Crippen molar-refractivity contribution in [3.05, 3.63) is 95.1 Å². The molecule has 0 fully saturated rings. The van der Waals surface area contributed by atoms with Gasteiger partial charge >= 0.3 is 0 Å². The minimum Gasteiger partial charge on any atom is -0.352 e. The first-order valence-electron chi connectivity index (χ1n) is 12.7. The number of aryl methyl sites for hydroxylation is 3. The lowest BCUT2D eigenvalue weighted by Gasteiger charge is -2.32. The normalized spacial score (nSPS) is 12.2. The molecule has 3 aromatic carbocycles. The molecule has 1 N–H and O–H groups in total. The van der Waals surface area contributed by atoms with Gasteiger partial charge in [-0.25, -0.2) is 8.42 Å². The summed E-state index contributed by atoms with van der Waals surface area (Å²) in [4.78, 5) is 28.4. The first kappa shape index (κ1) is 28.9. The average Bonchev–Trinajstić information content (AvgIpc) is 2.86. The van der Waals surface area contributed by atoms with Gasteiger partial charge in [0.05, 0.1) is 10.6 Å². The smallest absolute Gasteiger partial charge is 0.264 e. The topological polar surface area (TPSA) is 86.8 Å². The largest absolute Gasteiger partial charge is 0.352 e. The number of nitrogens with zero attached hydrogens (tertiary/aromatic N) is 2. The molecule has 1 unspecified atom stereocenters. The number of hydrogen-bond donors (Lipinski definition) is 1. The molecule has 0 aliphatic heterocycles. The summed E-state index contributed by atoms with van der Waals surface area (Å²) in [5, 5.41) is 2.86. The highest BCUT2D eigenvalue weighted by Crippen LogP contribution is 2.25. The van der Waals surface area contributed by atoms with Gasteiger partial charge in [-0.15, -0.1) is 0 Å². The van der Waals surface area contributed by atoms with E-state index in [0.717, 1.165) is 26.6 Å². The molecule has 7 nitrogen and oxygen atoms in total. The van der Waals surface area contributed by atoms with Crippen molar-refractivity contribution in [2.75, 3.05) is 10.8 Å². The van der Waals surface area contributed by atoms with Crippen LogP contribution in [0.25, 0.3) is 0 Å². The van der Waals surface area contributed by atoms with E-state index in [1.807, 2.05) is 58.9 Å². The molecule has 0 aromatic heterocycles. The Labute approximate surface area is 226 Å². The molecule has 0 saturated carbocycles. The van der Waals surface area contributed by atoms with Gasteiger partial charge in [0, 0.05) is 12.6 Å². The molecule has 0 saturated heterocycles. The lowest BCUT2D eigenvalue weighted by Crippen LogP contribution is -2.52. The zero-order chi connectivity index (χ0) is 28.0. The van der Waals surface area contributed by atoms with Crippen LogP contribution in [-0.4, -0.2) is 43.8 Å². The van der Waals surface area contributed by atoms with E-state index in [1.54, 1.807) is 55.5 Å². The van der Waals surface area contributed by atoms with Gasteiger partial charge < -0.3 is 10.2 Å². The SMILES string of the molecule is Cc1ccc(N(CC(=O)N(Cc2cccc(C)c2)C(C)C(=O)NC(C)C)S(=O)(=O)c2ccc(C)cc2)cc1. The van der Waals surface area contributed by atoms with E-state index in [1.165, 1.54) is 4.90 Å². The van der Waals surface area contributed by atoms with E-state index in [4.69, 9.17) is 0 Å². The number of anilines is 1. The van der Waals surface area contributed by atoms with Crippen molar-refractivity contribution >= 4 is 27.5 Å². The Morgan fingerprint density at radius 3 is 1.95 bits per heavy atom. The van der Waals surface area contributed by atoms with Crippen LogP contribution in [0.2, 0.25) is 0 Å². The number of sulfonamides is 1. The first-order valence-corrected chi connectivity index (χ1v) is 14.1. The predicted octanol–water partition coefficient (Wildman–Crippen LogP) is 4.75. The van der Waals surface area contributed by atoms with E-state index >= 15 is 0 Å². The highest BCUT2D eigenvalue weighted by atomic mass is 32.2. The van der Waals surface area contributed by atoms with Crippen molar-refractivity contribution in [2.24, 2.45) is 0 Å². The summed E-state index contributed by atoms with van der Waals surface area (Å²) in [6.45, 7) is 10.8. The third kappa shape index (κ3) is 7.22. The second kappa shape index (κ2) is 12.3. The Kier molecular flexibility index (Phi) is 9.33. The third-order valence-electron chi connectivity index (χ3n) is 6.24. The minimum absolute atomic E-state index is 0.0901. The fourth-order valence-electron chi connectivity index (χ4n) is 4.07. The number of amides is 2. The van der Waals surface area contributed by atoms with Crippen LogP contribution in [-0.2, 0) is 26.2 Å². The Bertz CT molecular complexity index is 1370. The summed E-state index contributed by atoms with van der Waals surface area (Å²) in [5.74, 6) is -0.779. The van der Waals surface area contributed by atoms with Crippen LogP contribution >= 0.6 is 0 Å². The summed E-state index contributed by atoms with van der Waals surface area (Å²) in [6.07, 6.45) is 0. The van der Waals surface area contributed by atoms with Gasteiger partial charge in [-0.3, -0.25) is 13.9 Å². The summed E-state index contributed by atoms with van der Waals surface area (Å²) in [7, 11) is -4.07. The van der Waals surface area contributed by atoms with Crippen molar-refractivity contribution < 1.29 is 18.0 Å². The minimum atomic E-state index is -4.07. The molecule has 0 aliphatic carbocycles. The Balaban J connectivity index is 2.02. The molecule has 0 radical (unpaired) electrons. The summed E-state index contributed by atoms with van der Waals surface area (Å²) in [5.41, 5.74) is 4.14. The number of nitrogens with one attached hydrogen (secondary N) is 1. The van der Waals surface area contributed by atoms with Crippen LogP contribution < -0.4 is 9.62 Å². The van der Waals surface area contributed by atoms with Crippen molar-refractivity contribution in [3.63, 3.8) is 0 Å². The van der Waals surface area contributed by atoms with Gasteiger partial charge in [-0.1, -0.05) is 65.2 Å².